The second kappa shape index (κ2) is 6.06. The molecule has 3 nitrogen and oxygen atoms in total. The number of likely N-dealkylation sites (N-methyl/N-ethyl adjacent to an activating group) is 1. The highest BCUT2D eigenvalue weighted by atomic mass is 16.1. The number of pyridine rings is 1. The second-order valence-electron chi connectivity index (χ2n) is 5.35. The normalized spacial score (nSPS) is 12.4. The first-order valence-corrected chi connectivity index (χ1v) is 6.93. The minimum atomic E-state index is 0.0815. The van der Waals surface area contributed by atoms with Crippen LogP contribution in [0.2, 0.25) is 0 Å². The molecule has 3 heteroatoms. The van der Waals surface area contributed by atoms with E-state index in [1.54, 1.807) is 4.57 Å². The molecule has 1 N–H and O–H groups in total. The van der Waals surface area contributed by atoms with Crippen molar-refractivity contribution in [2.75, 3.05) is 7.05 Å². The molecule has 0 fully saturated rings. The highest BCUT2D eigenvalue weighted by Crippen LogP contribution is 2.20. The molecule has 0 radical (unpaired) electrons. The van der Waals surface area contributed by atoms with Crippen LogP contribution in [-0.4, -0.2) is 11.6 Å². The summed E-state index contributed by atoms with van der Waals surface area (Å²) in [6.07, 6.45) is 1.85. The van der Waals surface area contributed by atoms with Gasteiger partial charge in [0.15, 0.2) is 0 Å². The maximum Gasteiger partial charge on any atom is 0.253 e. The maximum atomic E-state index is 12.1. The van der Waals surface area contributed by atoms with Crippen molar-refractivity contribution < 1.29 is 0 Å². The van der Waals surface area contributed by atoms with Gasteiger partial charge in [0.05, 0.1) is 6.04 Å². The molecule has 2 aromatic rings. The molecule has 1 aromatic heterocycles. The van der Waals surface area contributed by atoms with Gasteiger partial charge in [-0.1, -0.05) is 29.8 Å². The third-order valence-electron chi connectivity index (χ3n) is 3.75. The Morgan fingerprint density at radius 2 is 1.90 bits per heavy atom. The van der Waals surface area contributed by atoms with Crippen LogP contribution in [0.3, 0.4) is 0 Å². The van der Waals surface area contributed by atoms with Crippen molar-refractivity contribution in [2.45, 2.75) is 33.4 Å². The summed E-state index contributed by atoms with van der Waals surface area (Å²) in [7, 11) is 1.94. The van der Waals surface area contributed by atoms with Crippen molar-refractivity contribution in [3.05, 3.63) is 69.1 Å². The molecule has 0 amide bonds. The number of benzene rings is 1. The summed E-state index contributed by atoms with van der Waals surface area (Å²) < 4.78 is 1.78. The molecule has 20 heavy (non-hydrogen) atoms. The monoisotopic (exact) mass is 270 g/mol. The predicted octanol–water partition coefficient (Wildman–Crippen LogP) is 2.73. The molecule has 106 valence electrons. The van der Waals surface area contributed by atoms with Crippen LogP contribution < -0.4 is 10.9 Å². The number of hydrogen-bond acceptors (Lipinski definition) is 2. The van der Waals surface area contributed by atoms with Crippen LogP contribution in [0.25, 0.3) is 0 Å². The van der Waals surface area contributed by atoms with E-state index < -0.39 is 0 Å². The molecule has 0 aliphatic carbocycles. The molecule has 0 bridgehead atoms. The first kappa shape index (κ1) is 14.5. The van der Waals surface area contributed by atoms with Crippen molar-refractivity contribution in [3.63, 3.8) is 0 Å². The number of nitrogens with one attached hydrogen (secondary N) is 1. The molecule has 1 aromatic carbocycles. The average molecular weight is 270 g/mol. The van der Waals surface area contributed by atoms with Gasteiger partial charge in [0.2, 0.25) is 0 Å². The molecule has 0 spiro atoms. The fourth-order valence-electron chi connectivity index (χ4n) is 2.48. The lowest BCUT2D eigenvalue weighted by molar-refractivity contribution is 0.488. The topological polar surface area (TPSA) is 34.0 Å². The maximum absolute atomic E-state index is 12.1. The van der Waals surface area contributed by atoms with Gasteiger partial charge in [-0.05, 0) is 45.0 Å². The van der Waals surface area contributed by atoms with E-state index in [0.717, 1.165) is 5.56 Å². The molecular weight excluding hydrogens is 248 g/mol. The van der Waals surface area contributed by atoms with E-state index in [1.165, 1.54) is 16.7 Å². The SMILES string of the molecule is CNC(Cn1cccc(C)c1=O)c1cc(C)ccc1C. The van der Waals surface area contributed by atoms with Crippen LogP contribution in [0.4, 0.5) is 0 Å². The van der Waals surface area contributed by atoms with Crippen LogP contribution in [0.5, 0.6) is 0 Å². The number of nitrogens with zero attached hydrogens (tertiary/aromatic N) is 1. The van der Waals surface area contributed by atoms with E-state index in [4.69, 9.17) is 0 Å². The summed E-state index contributed by atoms with van der Waals surface area (Å²) in [6, 6.07) is 10.3. The smallest absolute Gasteiger partial charge is 0.253 e. The third kappa shape index (κ3) is 2.99. The molecule has 0 aliphatic rings. The lowest BCUT2D eigenvalue weighted by atomic mass is 9.99. The summed E-state index contributed by atoms with van der Waals surface area (Å²) in [5.41, 5.74) is 4.60. The first-order valence-electron chi connectivity index (χ1n) is 6.93. The highest BCUT2D eigenvalue weighted by Gasteiger charge is 2.13. The number of rotatable bonds is 4. The van der Waals surface area contributed by atoms with E-state index in [2.05, 4.69) is 37.4 Å². The zero-order chi connectivity index (χ0) is 14.7. The third-order valence-corrected chi connectivity index (χ3v) is 3.75. The van der Waals surface area contributed by atoms with E-state index in [0.29, 0.717) is 6.54 Å². The van der Waals surface area contributed by atoms with E-state index >= 15 is 0 Å². The van der Waals surface area contributed by atoms with Crippen LogP contribution in [0, 0.1) is 20.8 Å². The van der Waals surface area contributed by atoms with Crippen LogP contribution in [0.1, 0.15) is 28.3 Å². The Morgan fingerprint density at radius 3 is 2.60 bits per heavy atom. The Balaban J connectivity index is 2.36. The highest BCUT2D eigenvalue weighted by molar-refractivity contribution is 5.33. The molecule has 0 aliphatic heterocycles. The van der Waals surface area contributed by atoms with Crippen LogP contribution in [0.15, 0.2) is 41.3 Å². The van der Waals surface area contributed by atoms with Crippen molar-refractivity contribution in [2.24, 2.45) is 0 Å². The average Bonchev–Trinajstić information content (AvgIpc) is 2.43. The Morgan fingerprint density at radius 1 is 1.15 bits per heavy atom. The zero-order valence-corrected chi connectivity index (χ0v) is 12.6. The molecule has 2 rings (SSSR count). The molecule has 1 heterocycles. The summed E-state index contributed by atoms with van der Waals surface area (Å²) in [5.74, 6) is 0. The minimum Gasteiger partial charge on any atom is -0.313 e. The van der Waals surface area contributed by atoms with Crippen LogP contribution >= 0.6 is 0 Å². The van der Waals surface area contributed by atoms with Gasteiger partial charge in [0, 0.05) is 18.3 Å². The fourth-order valence-corrected chi connectivity index (χ4v) is 2.48. The summed E-state index contributed by atoms with van der Waals surface area (Å²) >= 11 is 0. The number of hydrogen-bond donors (Lipinski definition) is 1. The zero-order valence-electron chi connectivity index (χ0n) is 12.6. The Hall–Kier alpha value is -1.87. The van der Waals surface area contributed by atoms with Gasteiger partial charge in [-0.15, -0.1) is 0 Å². The van der Waals surface area contributed by atoms with Crippen molar-refractivity contribution in [1.82, 2.24) is 9.88 Å². The minimum absolute atomic E-state index is 0.0815. The molecular formula is C17H22N2O. The predicted molar refractivity (Wildman–Crippen MR) is 83.2 cm³/mol. The Kier molecular flexibility index (Phi) is 4.40. The standard InChI is InChI=1S/C17H22N2O/c1-12-7-8-13(2)15(10-12)16(18-4)11-19-9-5-6-14(3)17(19)20/h5-10,16,18H,11H2,1-4H3. The van der Waals surface area contributed by atoms with E-state index in [-0.39, 0.29) is 11.6 Å². The lowest BCUT2D eigenvalue weighted by Crippen LogP contribution is -2.29. The first-order chi connectivity index (χ1) is 9.52. The van der Waals surface area contributed by atoms with Crippen LogP contribution in [-0.2, 0) is 6.54 Å². The fraction of sp³-hybridized carbons (Fsp3) is 0.353. The van der Waals surface area contributed by atoms with E-state index in [9.17, 15) is 4.79 Å². The Bertz CT molecular complexity index is 658. The quantitative estimate of drug-likeness (QED) is 0.927. The molecule has 0 saturated heterocycles. The van der Waals surface area contributed by atoms with Gasteiger partial charge in [-0.25, -0.2) is 0 Å². The summed E-state index contributed by atoms with van der Waals surface area (Å²) in [5, 5.41) is 3.32. The van der Waals surface area contributed by atoms with Gasteiger partial charge in [-0.3, -0.25) is 4.79 Å². The molecule has 1 unspecified atom stereocenters. The van der Waals surface area contributed by atoms with Gasteiger partial charge >= 0.3 is 0 Å². The van der Waals surface area contributed by atoms with E-state index in [1.807, 2.05) is 32.3 Å². The summed E-state index contributed by atoms with van der Waals surface area (Å²) in [4.78, 5) is 12.1. The lowest BCUT2D eigenvalue weighted by Gasteiger charge is -2.21. The van der Waals surface area contributed by atoms with Gasteiger partial charge in [0.25, 0.3) is 5.56 Å². The van der Waals surface area contributed by atoms with Gasteiger partial charge in [-0.2, -0.15) is 0 Å². The second-order valence-corrected chi connectivity index (χ2v) is 5.35. The van der Waals surface area contributed by atoms with Crippen molar-refractivity contribution in [1.29, 1.82) is 0 Å². The van der Waals surface area contributed by atoms with Crippen molar-refractivity contribution in [3.8, 4) is 0 Å². The largest absolute Gasteiger partial charge is 0.313 e. The summed E-state index contributed by atoms with van der Waals surface area (Å²) in [6.45, 7) is 6.69. The van der Waals surface area contributed by atoms with Crippen molar-refractivity contribution >= 4 is 0 Å². The molecule has 0 saturated carbocycles. The van der Waals surface area contributed by atoms with Gasteiger partial charge in [0.1, 0.15) is 0 Å². The molecule has 1 atom stereocenters. The Labute approximate surface area is 120 Å². The number of aryl methyl sites for hydroxylation is 3. The van der Waals surface area contributed by atoms with Gasteiger partial charge < -0.3 is 9.88 Å². The number of aromatic nitrogens is 1.